The summed E-state index contributed by atoms with van der Waals surface area (Å²) < 4.78 is 0. The summed E-state index contributed by atoms with van der Waals surface area (Å²) in [6.45, 7) is 6.51. The van der Waals surface area contributed by atoms with Crippen molar-refractivity contribution in [3.63, 3.8) is 0 Å². The fraction of sp³-hybridized carbons (Fsp3) is 0.278. The molecule has 0 bridgehead atoms. The summed E-state index contributed by atoms with van der Waals surface area (Å²) in [5, 5.41) is 3.05. The molecular weight excluding hydrogens is 260 g/mol. The van der Waals surface area contributed by atoms with Crippen LogP contribution in [0.25, 0.3) is 0 Å². The van der Waals surface area contributed by atoms with Crippen molar-refractivity contribution in [2.24, 2.45) is 5.73 Å². The molecule has 0 saturated heterocycles. The van der Waals surface area contributed by atoms with Crippen LogP contribution in [-0.4, -0.2) is 5.91 Å². The summed E-state index contributed by atoms with van der Waals surface area (Å²) in [6, 6.07) is 13.8. The first-order chi connectivity index (χ1) is 10.0. The van der Waals surface area contributed by atoms with Gasteiger partial charge in [-0.05, 0) is 49.1 Å². The Morgan fingerprint density at radius 1 is 1.14 bits per heavy atom. The molecule has 2 rings (SSSR count). The molecule has 3 heteroatoms. The molecule has 0 aliphatic rings. The van der Waals surface area contributed by atoms with E-state index in [1.807, 2.05) is 63.2 Å². The third kappa shape index (κ3) is 3.50. The molecule has 2 aromatic rings. The van der Waals surface area contributed by atoms with E-state index in [4.69, 9.17) is 5.73 Å². The molecule has 2 aromatic carbocycles. The number of nitrogens with two attached hydrogens (primary N) is 1. The SMILES string of the molecule is Cc1cccc(C(=O)NC(C)c2ccc(CN)cc2)c1C. The smallest absolute Gasteiger partial charge is 0.252 e. The molecule has 21 heavy (non-hydrogen) atoms. The average Bonchev–Trinajstić information content (AvgIpc) is 2.50. The first-order valence-electron chi connectivity index (χ1n) is 7.19. The van der Waals surface area contributed by atoms with Crippen molar-refractivity contribution >= 4 is 5.91 Å². The molecule has 0 aliphatic heterocycles. The molecule has 0 spiro atoms. The molecular formula is C18H22N2O. The van der Waals surface area contributed by atoms with Gasteiger partial charge in [0.05, 0.1) is 6.04 Å². The van der Waals surface area contributed by atoms with Gasteiger partial charge >= 0.3 is 0 Å². The van der Waals surface area contributed by atoms with E-state index in [1.165, 1.54) is 0 Å². The van der Waals surface area contributed by atoms with E-state index in [0.29, 0.717) is 6.54 Å². The van der Waals surface area contributed by atoms with Gasteiger partial charge in [-0.2, -0.15) is 0 Å². The number of nitrogens with one attached hydrogen (secondary N) is 1. The maximum absolute atomic E-state index is 12.4. The second-order valence-corrected chi connectivity index (χ2v) is 5.39. The number of hydrogen-bond donors (Lipinski definition) is 2. The fourth-order valence-corrected chi connectivity index (χ4v) is 2.30. The van der Waals surface area contributed by atoms with Crippen LogP contribution in [0.1, 0.15) is 45.6 Å². The van der Waals surface area contributed by atoms with Crippen LogP contribution < -0.4 is 11.1 Å². The fourth-order valence-electron chi connectivity index (χ4n) is 2.30. The maximum Gasteiger partial charge on any atom is 0.252 e. The van der Waals surface area contributed by atoms with Crippen LogP contribution >= 0.6 is 0 Å². The van der Waals surface area contributed by atoms with Crippen molar-refractivity contribution in [3.05, 3.63) is 70.3 Å². The van der Waals surface area contributed by atoms with E-state index >= 15 is 0 Å². The molecule has 3 N–H and O–H groups in total. The molecule has 110 valence electrons. The Morgan fingerprint density at radius 3 is 2.43 bits per heavy atom. The van der Waals surface area contributed by atoms with E-state index in [0.717, 1.165) is 27.8 Å². The molecule has 0 fully saturated rings. The lowest BCUT2D eigenvalue weighted by molar-refractivity contribution is 0.0939. The molecule has 0 heterocycles. The maximum atomic E-state index is 12.4. The second kappa shape index (κ2) is 6.55. The van der Waals surface area contributed by atoms with Gasteiger partial charge in [0.25, 0.3) is 5.91 Å². The number of amides is 1. The number of rotatable bonds is 4. The average molecular weight is 282 g/mol. The Labute approximate surface area is 126 Å². The lowest BCUT2D eigenvalue weighted by Gasteiger charge is -2.16. The topological polar surface area (TPSA) is 55.1 Å². The Kier molecular flexibility index (Phi) is 4.76. The van der Waals surface area contributed by atoms with Crippen molar-refractivity contribution in [2.75, 3.05) is 0 Å². The highest BCUT2D eigenvalue weighted by Gasteiger charge is 2.13. The Morgan fingerprint density at radius 2 is 1.81 bits per heavy atom. The first-order valence-corrected chi connectivity index (χ1v) is 7.19. The monoisotopic (exact) mass is 282 g/mol. The summed E-state index contributed by atoms with van der Waals surface area (Å²) in [7, 11) is 0. The summed E-state index contributed by atoms with van der Waals surface area (Å²) in [4.78, 5) is 12.4. The highest BCUT2D eigenvalue weighted by molar-refractivity contribution is 5.96. The van der Waals surface area contributed by atoms with Gasteiger partial charge in [0.15, 0.2) is 0 Å². The van der Waals surface area contributed by atoms with Crippen LogP contribution in [0, 0.1) is 13.8 Å². The van der Waals surface area contributed by atoms with E-state index < -0.39 is 0 Å². The van der Waals surface area contributed by atoms with E-state index in [2.05, 4.69) is 5.32 Å². The zero-order valence-corrected chi connectivity index (χ0v) is 12.8. The summed E-state index contributed by atoms with van der Waals surface area (Å²) >= 11 is 0. The largest absolute Gasteiger partial charge is 0.346 e. The zero-order chi connectivity index (χ0) is 15.4. The van der Waals surface area contributed by atoms with E-state index in [1.54, 1.807) is 0 Å². The molecule has 1 amide bonds. The van der Waals surface area contributed by atoms with Crippen molar-refractivity contribution in [1.82, 2.24) is 5.32 Å². The standard InChI is InChI=1S/C18H22N2O/c1-12-5-4-6-17(13(12)2)18(21)20-14(3)16-9-7-15(11-19)8-10-16/h4-10,14H,11,19H2,1-3H3,(H,20,21). The van der Waals surface area contributed by atoms with Gasteiger partial charge in [-0.25, -0.2) is 0 Å². The quantitative estimate of drug-likeness (QED) is 0.904. The zero-order valence-electron chi connectivity index (χ0n) is 12.8. The van der Waals surface area contributed by atoms with Crippen LogP contribution in [0.3, 0.4) is 0 Å². The van der Waals surface area contributed by atoms with Crippen LogP contribution in [0.5, 0.6) is 0 Å². The molecule has 0 saturated carbocycles. The lowest BCUT2D eigenvalue weighted by atomic mass is 10.0. The third-order valence-corrected chi connectivity index (χ3v) is 3.91. The molecule has 0 radical (unpaired) electrons. The van der Waals surface area contributed by atoms with Crippen molar-refractivity contribution in [3.8, 4) is 0 Å². The summed E-state index contributed by atoms with van der Waals surface area (Å²) in [5.74, 6) is -0.0356. The minimum absolute atomic E-state index is 0.0356. The van der Waals surface area contributed by atoms with Crippen LogP contribution in [0.15, 0.2) is 42.5 Å². The number of carbonyl (C=O) groups excluding carboxylic acids is 1. The van der Waals surface area contributed by atoms with Gasteiger partial charge in [-0.1, -0.05) is 36.4 Å². The predicted octanol–water partition coefficient (Wildman–Crippen LogP) is 3.25. The number of hydrogen-bond acceptors (Lipinski definition) is 2. The molecule has 1 unspecified atom stereocenters. The lowest BCUT2D eigenvalue weighted by Crippen LogP contribution is -2.27. The number of benzene rings is 2. The normalized spacial score (nSPS) is 12.0. The van der Waals surface area contributed by atoms with Gasteiger partial charge in [0.2, 0.25) is 0 Å². The second-order valence-electron chi connectivity index (χ2n) is 5.39. The number of carbonyl (C=O) groups is 1. The van der Waals surface area contributed by atoms with Crippen molar-refractivity contribution in [1.29, 1.82) is 0 Å². The Bertz CT molecular complexity index is 632. The third-order valence-electron chi connectivity index (χ3n) is 3.91. The molecule has 0 aliphatic carbocycles. The molecule has 0 aromatic heterocycles. The van der Waals surface area contributed by atoms with E-state index in [9.17, 15) is 4.79 Å². The van der Waals surface area contributed by atoms with Gasteiger partial charge in [0.1, 0.15) is 0 Å². The Balaban J connectivity index is 2.12. The summed E-state index contributed by atoms with van der Waals surface area (Å²) in [6.07, 6.45) is 0. The van der Waals surface area contributed by atoms with Crippen molar-refractivity contribution in [2.45, 2.75) is 33.4 Å². The number of aryl methyl sites for hydroxylation is 1. The van der Waals surface area contributed by atoms with Crippen molar-refractivity contribution < 1.29 is 4.79 Å². The molecule has 3 nitrogen and oxygen atoms in total. The van der Waals surface area contributed by atoms with Gasteiger partial charge in [-0.15, -0.1) is 0 Å². The van der Waals surface area contributed by atoms with Crippen LogP contribution in [0.2, 0.25) is 0 Å². The van der Waals surface area contributed by atoms with Crippen LogP contribution in [0.4, 0.5) is 0 Å². The van der Waals surface area contributed by atoms with Gasteiger partial charge < -0.3 is 11.1 Å². The van der Waals surface area contributed by atoms with Gasteiger partial charge in [-0.3, -0.25) is 4.79 Å². The molecule has 1 atom stereocenters. The minimum Gasteiger partial charge on any atom is -0.346 e. The highest BCUT2D eigenvalue weighted by Crippen LogP contribution is 2.17. The first kappa shape index (κ1) is 15.3. The summed E-state index contributed by atoms with van der Waals surface area (Å²) in [5.41, 5.74) is 10.7. The van der Waals surface area contributed by atoms with Gasteiger partial charge in [0, 0.05) is 12.1 Å². The Hall–Kier alpha value is -2.13. The predicted molar refractivity (Wildman–Crippen MR) is 86.1 cm³/mol. The van der Waals surface area contributed by atoms with Crippen LogP contribution in [-0.2, 0) is 6.54 Å². The minimum atomic E-state index is -0.0377. The highest BCUT2D eigenvalue weighted by atomic mass is 16.1. The van der Waals surface area contributed by atoms with E-state index in [-0.39, 0.29) is 11.9 Å².